The van der Waals surface area contributed by atoms with Crippen molar-refractivity contribution in [3.8, 4) is 17.2 Å². The minimum Gasteiger partial charge on any atom is -0.497 e. The smallest absolute Gasteiger partial charge is 0.310 e. The Bertz CT molecular complexity index is 788. The highest BCUT2D eigenvalue weighted by molar-refractivity contribution is 5.92. The van der Waals surface area contributed by atoms with E-state index in [9.17, 15) is 9.59 Å². The Balaban J connectivity index is 1.85. The molecule has 150 valence electrons. The lowest BCUT2D eigenvalue weighted by Gasteiger charge is -2.12. The monoisotopic (exact) mass is 387 g/mol. The Kier molecular flexibility index (Phi) is 8.14. The Morgan fingerprint density at radius 1 is 0.929 bits per heavy atom. The van der Waals surface area contributed by atoms with Crippen LogP contribution < -0.4 is 19.5 Å². The van der Waals surface area contributed by atoms with E-state index in [4.69, 9.17) is 18.9 Å². The zero-order valence-corrected chi connectivity index (χ0v) is 16.3. The summed E-state index contributed by atoms with van der Waals surface area (Å²) < 4.78 is 21.2. The highest BCUT2D eigenvalue weighted by Crippen LogP contribution is 2.28. The van der Waals surface area contributed by atoms with Crippen molar-refractivity contribution in [2.24, 2.45) is 0 Å². The van der Waals surface area contributed by atoms with Crippen molar-refractivity contribution in [3.63, 3.8) is 0 Å². The Morgan fingerprint density at radius 2 is 1.61 bits per heavy atom. The summed E-state index contributed by atoms with van der Waals surface area (Å²) in [6.07, 6.45) is 0.0301. The lowest BCUT2D eigenvalue weighted by Crippen LogP contribution is -2.21. The number of ether oxygens (including phenoxy) is 4. The molecule has 0 heterocycles. The average molecular weight is 387 g/mol. The number of benzene rings is 2. The number of methoxy groups -OCH3 is 1. The predicted molar refractivity (Wildman–Crippen MR) is 105 cm³/mol. The number of anilines is 1. The van der Waals surface area contributed by atoms with Crippen LogP contribution in [0, 0.1) is 0 Å². The molecule has 0 aliphatic heterocycles. The molecule has 0 unspecified atom stereocenters. The first kappa shape index (κ1) is 21.1. The van der Waals surface area contributed by atoms with E-state index in [1.54, 1.807) is 49.6 Å². The standard InChI is InChI=1S/C21H25NO6/c1-4-26-18-11-6-15(12-19(18)27-5-2)13-21(24)28-14-20(23)22-16-7-9-17(25-3)10-8-16/h6-12H,4-5,13-14H2,1-3H3,(H,22,23). The van der Waals surface area contributed by atoms with Gasteiger partial charge < -0.3 is 24.3 Å². The fourth-order valence-electron chi connectivity index (χ4n) is 2.44. The quantitative estimate of drug-likeness (QED) is 0.631. The molecular formula is C21H25NO6. The summed E-state index contributed by atoms with van der Waals surface area (Å²) in [6, 6.07) is 12.1. The van der Waals surface area contributed by atoms with E-state index < -0.39 is 11.9 Å². The third kappa shape index (κ3) is 6.50. The number of hydrogen-bond acceptors (Lipinski definition) is 6. The van der Waals surface area contributed by atoms with Crippen LogP contribution in [-0.2, 0) is 20.7 Å². The maximum atomic E-state index is 12.0. The van der Waals surface area contributed by atoms with E-state index in [-0.39, 0.29) is 13.0 Å². The van der Waals surface area contributed by atoms with Crippen molar-refractivity contribution in [2.75, 3.05) is 32.2 Å². The molecule has 0 fully saturated rings. The van der Waals surface area contributed by atoms with Gasteiger partial charge in [0.05, 0.1) is 26.7 Å². The van der Waals surface area contributed by atoms with Crippen molar-refractivity contribution >= 4 is 17.6 Å². The van der Waals surface area contributed by atoms with Crippen molar-refractivity contribution in [3.05, 3.63) is 48.0 Å². The Morgan fingerprint density at radius 3 is 2.25 bits per heavy atom. The largest absolute Gasteiger partial charge is 0.497 e. The fourth-order valence-corrected chi connectivity index (χ4v) is 2.44. The van der Waals surface area contributed by atoms with Gasteiger partial charge in [0, 0.05) is 5.69 Å². The van der Waals surface area contributed by atoms with Crippen LogP contribution in [0.3, 0.4) is 0 Å². The summed E-state index contributed by atoms with van der Waals surface area (Å²) >= 11 is 0. The lowest BCUT2D eigenvalue weighted by atomic mass is 10.1. The summed E-state index contributed by atoms with van der Waals surface area (Å²) in [6.45, 7) is 4.40. The summed E-state index contributed by atoms with van der Waals surface area (Å²) in [5.74, 6) is 0.968. The molecule has 2 aromatic carbocycles. The van der Waals surface area contributed by atoms with E-state index in [0.717, 1.165) is 0 Å². The molecule has 1 N–H and O–H groups in total. The first-order valence-corrected chi connectivity index (χ1v) is 9.03. The molecule has 2 rings (SSSR count). The number of carbonyl (C=O) groups excluding carboxylic acids is 2. The summed E-state index contributed by atoms with van der Waals surface area (Å²) in [5, 5.41) is 2.65. The van der Waals surface area contributed by atoms with E-state index in [1.807, 2.05) is 13.8 Å². The zero-order chi connectivity index (χ0) is 20.4. The van der Waals surface area contributed by atoms with Gasteiger partial charge in [-0.1, -0.05) is 6.07 Å². The molecule has 1 amide bonds. The third-order valence-electron chi connectivity index (χ3n) is 3.69. The van der Waals surface area contributed by atoms with Crippen LogP contribution in [0.2, 0.25) is 0 Å². The van der Waals surface area contributed by atoms with Crippen LogP contribution in [0.4, 0.5) is 5.69 Å². The molecule has 0 aliphatic carbocycles. The molecule has 2 aromatic rings. The molecule has 0 spiro atoms. The minimum atomic E-state index is -0.503. The second-order valence-electron chi connectivity index (χ2n) is 5.76. The number of nitrogens with one attached hydrogen (secondary N) is 1. The van der Waals surface area contributed by atoms with E-state index in [1.165, 1.54) is 0 Å². The van der Waals surface area contributed by atoms with Crippen molar-refractivity contribution in [1.29, 1.82) is 0 Å². The van der Waals surface area contributed by atoms with Crippen molar-refractivity contribution in [2.45, 2.75) is 20.3 Å². The van der Waals surface area contributed by atoms with Gasteiger partial charge in [-0.3, -0.25) is 9.59 Å². The molecule has 0 radical (unpaired) electrons. The Labute approximate surface area is 164 Å². The molecule has 0 aromatic heterocycles. The van der Waals surface area contributed by atoms with E-state index in [2.05, 4.69) is 5.32 Å². The first-order valence-electron chi connectivity index (χ1n) is 9.03. The normalized spacial score (nSPS) is 10.1. The average Bonchev–Trinajstić information content (AvgIpc) is 2.69. The van der Waals surface area contributed by atoms with Crippen molar-refractivity contribution < 1.29 is 28.5 Å². The van der Waals surface area contributed by atoms with Gasteiger partial charge in [0.15, 0.2) is 18.1 Å². The fraction of sp³-hybridized carbons (Fsp3) is 0.333. The maximum absolute atomic E-state index is 12.0. The number of carbonyl (C=O) groups is 2. The summed E-state index contributed by atoms with van der Waals surface area (Å²) in [7, 11) is 1.56. The first-order chi connectivity index (χ1) is 13.5. The minimum absolute atomic E-state index is 0.0301. The van der Waals surface area contributed by atoms with Crippen LogP contribution in [0.15, 0.2) is 42.5 Å². The van der Waals surface area contributed by atoms with Crippen LogP contribution >= 0.6 is 0 Å². The number of rotatable bonds is 10. The molecule has 7 heteroatoms. The Hall–Kier alpha value is -3.22. The van der Waals surface area contributed by atoms with Gasteiger partial charge in [-0.2, -0.15) is 0 Å². The van der Waals surface area contributed by atoms with Crippen LogP contribution in [0.25, 0.3) is 0 Å². The van der Waals surface area contributed by atoms with Crippen molar-refractivity contribution in [1.82, 2.24) is 0 Å². The van der Waals surface area contributed by atoms with Crippen LogP contribution in [0.1, 0.15) is 19.4 Å². The zero-order valence-electron chi connectivity index (χ0n) is 16.3. The molecule has 0 aliphatic rings. The second-order valence-corrected chi connectivity index (χ2v) is 5.76. The van der Waals surface area contributed by atoms with Gasteiger partial charge in [0.1, 0.15) is 5.75 Å². The highest BCUT2D eigenvalue weighted by Gasteiger charge is 2.12. The van der Waals surface area contributed by atoms with Gasteiger partial charge in [-0.05, 0) is 55.8 Å². The van der Waals surface area contributed by atoms with Gasteiger partial charge >= 0.3 is 5.97 Å². The maximum Gasteiger partial charge on any atom is 0.310 e. The van der Waals surface area contributed by atoms with Gasteiger partial charge in [-0.25, -0.2) is 0 Å². The molecule has 28 heavy (non-hydrogen) atoms. The van der Waals surface area contributed by atoms with E-state index >= 15 is 0 Å². The number of amides is 1. The lowest BCUT2D eigenvalue weighted by molar-refractivity contribution is -0.146. The predicted octanol–water partition coefficient (Wildman–Crippen LogP) is 3.22. The third-order valence-corrected chi connectivity index (χ3v) is 3.69. The molecule has 7 nitrogen and oxygen atoms in total. The SMILES string of the molecule is CCOc1ccc(CC(=O)OCC(=O)Nc2ccc(OC)cc2)cc1OCC. The molecule has 0 saturated carbocycles. The number of hydrogen-bond donors (Lipinski definition) is 1. The van der Waals surface area contributed by atoms with Gasteiger partial charge in [0.2, 0.25) is 0 Å². The van der Waals surface area contributed by atoms with Gasteiger partial charge in [-0.15, -0.1) is 0 Å². The topological polar surface area (TPSA) is 83.1 Å². The second kappa shape index (κ2) is 10.8. The molecule has 0 atom stereocenters. The highest BCUT2D eigenvalue weighted by atomic mass is 16.5. The van der Waals surface area contributed by atoms with Crippen LogP contribution in [0.5, 0.6) is 17.2 Å². The van der Waals surface area contributed by atoms with Gasteiger partial charge in [0.25, 0.3) is 5.91 Å². The van der Waals surface area contributed by atoms with E-state index in [0.29, 0.717) is 41.7 Å². The summed E-state index contributed by atoms with van der Waals surface area (Å²) in [5.41, 5.74) is 1.31. The molecule has 0 saturated heterocycles. The summed E-state index contributed by atoms with van der Waals surface area (Å²) in [4.78, 5) is 24.0. The molecular weight excluding hydrogens is 362 g/mol. The number of esters is 1. The molecule has 0 bridgehead atoms. The van der Waals surface area contributed by atoms with Crippen LogP contribution in [-0.4, -0.2) is 38.8 Å².